The summed E-state index contributed by atoms with van der Waals surface area (Å²) in [5.74, 6) is -0.490. The highest BCUT2D eigenvalue weighted by Crippen LogP contribution is 2.32. The molecule has 0 spiro atoms. The summed E-state index contributed by atoms with van der Waals surface area (Å²) in [6.45, 7) is 3.27. The molecule has 1 heterocycles. The molecule has 1 aromatic carbocycles. The second kappa shape index (κ2) is 7.95. The Morgan fingerprint density at radius 2 is 1.60 bits per heavy atom. The molecule has 0 unspecified atom stereocenters. The van der Waals surface area contributed by atoms with Crippen molar-refractivity contribution in [2.24, 2.45) is 0 Å². The normalized spacial score (nSPS) is 10.2. The van der Waals surface area contributed by atoms with Crippen LogP contribution in [0.2, 0.25) is 0 Å². The molecule has 25 heavy (non-hydrogen) atoms. The van der Waals surface area contributed by atoms with Gasteiger partial charge in [0.15, 0.2) is 17.8 Å². The summed E-state index contributed by atoms with van der Waals surface area (Å²) < 4.78 is 24.4. The standard InChI is InChI=1S/C16H14O9/c1-3-21-15(19)24-12-5-10-11(23-8-9(7-17)14(10)18)6-13(12)25-16(20)22-4-2/h5-8H,3-4H2,1-2H3. The van der Waals surface area contributed by atoms with Crippen molar-refractivity contribution in [1.82, 2.24) is 0 Å². The molecular weight excluding hydrogens is 336 g/mol. The second-order valence-corrected chi connectivity index (χ2v) is 4.50. The van der Waals surface area contributed by atoms with Gasteiger partial charge in [-0.2, -0.15) is 0 Å². The highest BCUT2D eigenvalue weighted by Gasteiger charge is 2.19. The average Bonchev–Trinajstić information content (AvgIpc) is 2.57. The van der Waals surface area contributed by atoms with E-state index in [1.54, 1.807) is 13.8 Å². The minimum absolute atomic E-state index is 0.0195. The van der Waals surface area contributed by atoms with E-state index in [4.69, 9.17) is 13.9 Å². The summed E-state index contributed by atoms with van der Waals surface area (Å²) in [6, 6.07) is 2.27. The maximum atomic E-state index is 12.2. The Bertz CT molecular complexity index is 866. The van der Waals surface area contributed by atoms with Gasteiger partial charge in [-0.05, 0) is 19.9 Å². The van der Waals surface area contributed by atoms with Gasteiger partial charge in [0.25, 0.3) is 0 Å². The van der Waals surface area contributed by atoms with E-state index >= 15 is 0 Å². The highest BCUT2D eigenvalue weighted by atomic mass is 16.7. The van der Waals surface area contributed by atoms with Crippen LogP contribution in [0.5, 0.6) is 11.5 Å². The van der Waals surface area contributed by atoms with Gasteiger partial charge in [-0.15, -0.1) is 0 Å². The minimum Gasteiger partial charge on any atom is -0.463 e. The third-order valence-electron chi connectivity index (χ3n) is 2.90. The number of ether oxygens (including phenoxy) is 4. The minimum atomic E-state index is -1.06. The molecule has 9 nitrogen and oxygen atoms in total. The van der Waals surface area contributed by atoms with Crippen LogP contribution in [0.15, 0.2) is 27.6 Å². The molecule has 0 N–H and O–H groups in total. The van der Waals surface area contributed by atoms with Gasteiger partial charge in [0, 0.05) is 6.07 Å². The van der Waals surface area contributed by atoms with Crippen LogP contribution in [0.4, 0.5) is 9.59 Å². The van der Waals surface area contributed by atoms with Crippen molar-refractivity contribution in [1.29, 1.82) is 0 Å². The Labute approximate surface area is 141 Å². The first-order valence-electron chi connectivity index (χ1n) is 7.24. The van der Waals surface area contributed by atoms with Gasteiger partial charge in [0.2, 0.25) is 5.43 Å². The predicted octanol–water partition coefficient (Wildman–Crippen LogP) is 2.68. The maximum Gasteiger partial charge on any atom is 0.513 e. The van der Waals surface area contributed by atoms with E-state index in [0.29, 0.717) is 6.29 Å². The molecule has 0 aliphatic rings. The van der Waals surface area contributed by atoms with Gasteiger partial charge in [0.05, 0.1) is 24.2 Å². The summed E-state index contributed by atoms with van der Waals surface area (Å²) in [7, 11) is 0. The third kappa shape index (κ3) is 4.14. The smallest absolute Gasteiger partial charge is 0.463 e. The van der Waals surface area contributed by atoms with Crippen molar-refractivity contribution in [3.8, 4) is 11.5 Å². The summed E-state index contributed by atoms with van der Waals surface area (Å²) in [4.78, 5) is 46.1. The first kappa shape index (κ1) is 18.0. The lowest BCUT2D eigenvalue weighted by atomic mass is 10.1. The molecule has 0 fully saturated rings. The zero-order valence-corrected chi connectivity index (χ0v) is 13.4. The summed E-state index contributed by atoms with van der Waals surface area (Å²) in [6.07, 6.45) is -0.799. The van der Waals surface area contributed by atoms with E-state index in [1.807, 2.05) is 0 Å². The monoisotopic (exact) mass is 350 g/mol. The van der Waals surface area contributed by atoms with E-state index in [-0.39, 0.29) is 41.2 Å². The number of carbonyl (C=O) groups excluding carboxylic acids is 3. The fraction of sp³-hybridized carbons (Fsp3) is 0.250. The molecule has 0 bridgehead atoms. The van der Waals surface area contributed by atoms with Crippen LogP contribution in [0.1, 0.15) is 24.2 Å². The van der Waals surface area contributed by atoms with E-state index < -0.39 is 17.7 Å². The van der Waals surface area contributed by atoms with Gasteiger partial charge in [0.1, 0.15) is 11.8 Å². The third-order valence-corrected chi connectivity index (χ3v) is 2.90. The molecule has 0 saturated carbocycles. The zero-order valence-electron chi connectivity index (χ0n) is 13.4. The lowest BCUT2D eigenvalue weighted by Crippen LogP contribution is -2.15. The second-order valence-electron chi connectivity index (χ2n) is 4.50. The van der Waals surface area contributed by atoms with Gasteiger partial charge >= 0.3 is 12.3 Å². The fourth-order valence-corrected chi connectivity index (χ4v) is 1.87. The Kier molecular flexibility index (Phi) is 5.72. The number of benzene rings is 1. The molecule has 9 heteroatoms. The molecule has 132 valence electrons. The lowest BCUT2D eigenvalue weighted by Gasteiger charge is -2.11. The Balaban J connectivity index is 2.55. The zero-order chi connectivity index (χ0) is 18.4. The number of rotatable bonds is 5. The summed E-state index contributed by atoms with van der Waals surface area (Å²) >= 11 is 0. The van der Waals surface area contributed by atoms with Crippen LogP contribution < -0.4 is 14.9 Å². The molecule has 0 radical (unpaired) electrons. The van der Waals surface area contributed by atoms with Gasteiger partial charge in [-0.3, -0.25) is 9.59 Å². The number of hydrogen-bond donors (Lipinski definition) is 0. The molecule has 0 saturated heterocycles. The van der Waals surface area contributed by atoms with Crippen LogP contribution >= 0.6 is 0 Å². The molecule has 2 aromatic rings. The predicted molar refractivity (Wildman–Crippen MR) is 83.2 cm³/mol. The molecule has 2 rings (SSSR count). The summed E-state index contributed by atoms with van der Waals surface area (Å²) in [5.41, 5.74) is -0.826. The van der Waals surface area contributed by atoms with E-state index in [1.165, 1.54) is 0 Å². The molecule has 1 aromatic heterocycles. The van der Waals surface area contributed by atoms with Crippen molar-refractivity contribution in [3.63, 3.8) is 0 Å². The maximum absolute atomic E-state index is 12.2. The van der Waals surface area contributed by atoms with Crippen LogP contribution in [-0.2, 0) is 9.47 Å². The Morgan fingerprint density at radius 3 is 2.12 bits per heavy atom. The Hall–Kier alpha value is -3.36. The first-order chi connectivity index (χ1) is 12.0. The van der Waals surface area contributed by atoms with Crippen LogP contribution in [0.3, 0.4) is 0 Å². The summed E-state index contributed by atoms with van der Waals surface area (Å²) in [5, 5.41) is -0.0416. The topological polar surface area (TPSA) is 118 Å². The van der Waals surface area contributed by atoms with Crippen molar-refractivity contribution in [2.45, 2.75) is 13.8 Å². The number of fused-ring (bicyclic) bond motifs is 1. The lowest BCUT2D eigenvalue weighted by molar-refractivity contribution is 0.0940. The van der Waals surface area contributed by atoms with Crippen molar-refractivity contribution < 1.29 is 37.7 Å². The molecule has 0 aliphatic carbocycles. The molecule has 0 aliphatic heterocycles. The van der Waals surface area contributed by atoms with Gasteiger partial charge < -0.3 is 23.4 Å². The van der Waals surface area contributed by atoms with Gasteiger partial charge in [-0.1, -0.05) is 0 Å². The van der Waals surface area contributed by atoms with E-state index in [9.17, 15) is 19.2 Å². The van der Waals surface area contributed by atoms with Crippen molar-refractivity contribution >= 4 is 29.6 Å². The first-order valence-corrected chi connectivity index (χ1v) is 7.24. The molecule has 0 atom stereocenters. The fourth-order valence-electron chi connectivity index (χ4n) is 1.87. The SMILES string of the molecule is CCOC(=O)Oc1cc2occ(C=O)c(=O)c2cc1OC(=O)OCC. The molecule has 0 amide bonds. The van der Waals surface area contributed by atoms with Gasteiger partial charge in [-0.25, -0.2) is 9.59 Å². The number of aldehydes is 1. The average molecular weight is 350 g/mol. The quantitative estimate of drug-likeness (QED) is 0.455. The van der Waals surface area contributed by atoms with E-state index in [2.05, 4.69) is 9.47 Å². The van der Waals surface area contributed by atoms with Crippen molar-refractivity contribution in [3.05, 3.63) is 34.2 Å². The van der Waals surface area contributed by atoms with Crippen molar-refractivity contribution in [2.75, 3.05) is 13.2 Å². The largest absolute Gasteiger partial charge is 0.513 e. The van der Waals surface area contributed by atoms with Crippen LogP contribution in [-0.4, -0.2) is 31.8 Å². The van der Waals surface area contributed by atoms with E-state index in [0.717, 1.165) is 18.4 Å². The highest BCUT2D eigenvalue weighted by molar-refractivity contribution is 5.87. The number of carbonyl (C=O) groups is 3. The number of hydrogen-bond acceptors (Lipinski definition) is 9. The Morgan fingerprint density at radius 1 is 1.04 bits per heavy atom. The molecular formula is C16H14O9. The van der Waals surface area contributed by atoms with Crippen LogP contribution in [0.25, 0.3) is 11.0 Å². The van der Waals surface area contributed by atoms with Crippen LogP contribution in [0, 0.1) is 0 Å².